The average molecular weight is 492 g/mol. The summed E-state index contributed by atoms with van der Waals surface area (Å²) in [6.07, 6.45) is -0.130. The normalized spacial score (nSPS) is 12.3. The van der Waals surface area contributed by atoms with Crippen molar-refractivity contribution in [2.75, 3.05) is 13.1 Å². The monoisotopic (exact) mass is 492 g/mol. The molecule has 2 aromatic rings. The van der Waals surface area contributed by atoms with Crippen molar-refractivity contribution in [3.8, 4) is 5.75 Å². The number of aromatic nitrogens is 1. The van der Waals surface area contributed by atoms with Crippen molar-refractivity contribution in [1.82, 2.24) is 15.6 Å². The Hall–Kier alpha value is -1.42. The summed E-state index contributed by atoms with van der Waals surface area (Å²) in [4.78, 5) is 10.3. The summed E-state index contributed by atoms with van der Waals surface area (Å²) < 4.78 is 18.9. The van der Waals surface area contributed by atoms with E-state index in [1.54, 1.807) is 23.5 Å². The van der Waals surface area contributed by atoms with Crippen LogP contribution in [0.3, 0.4) is 0 Å². The maximum Gasteiger partial charge on any atom is 0.191 e. The van der Waals surface area contributed by atoms with Gasteiger partial charge in [0.05, 0.1) is 18.8 Å². The summed E-state index contributed by atoms with van der Waals surface area (Å²) in [6.45, 7) is 9.87. The summed E-state index contributed by atoms with van der Waals surface area (Å²) in [6, 6.07) is 6.15. The van der Waals surface area contributed by atoms with Gasteiger partial charge in [-0.05, 0) is 39.8 Å². The second kappa shape index (κ2) is 11.3. The zero-order chi connectivity index (χ0) is 18.2. The van der Waals surface area contributed by atoms with Crippen molar-refractivity contribution >= 4 is 41.3 Å². The molecule has 2 N–H and O–H groups in total. The predicted molar refractivity (Wildman–Crippen MR) is 116 cm³/mol. The minimum Gasteiger partial charge on any atom is -0.489 e. The van der Waals surface area contributed by atoms with Crippen LogP contribution >= 0.6 is 35.3 Å². The van der Waals surface area contributed by atoms with Gasteiger partial charge >= 0.3 is 0 Å². The predicted octanol–water partition coefficient (Wildman–Crippen LogP) is 4.04. The molecule has 0 aliphatic heterocycles. The number of guanidine groups is 1. The Morgan fingerprint density at radius 2 is 2.12 bits per heavy atom. The first-order valence-electron chi connectivity index (χ1n) is 8.35. The number of benzene rings is 1. The van der Waals surface area contributed by atoms with Crippen LogP contribution in [0.4, 0.5) is 4.39 Å². The molecule has 1 atom stereocenters. The van der Waals surface area contributed by atoms with Gasteiger partial charge in [-0.3, -0.25) is 0 Å². The molecule has 1 aromatic carbocycles. The van der Waals surface area contributed by atoms with Crippen molar-refractivity contribution in [3.05, 3.63) is 45.7 Å². The van der Waals surface area contributed by atoms with Crippen LogP contribution in [0, 0.1) is 19.7 Å². The third-order valence-corrected chi connectivity index (χ3v) is 4.54. The van der Waals surface area contributed by atoms with Gasteiger partial charge in [0.15, 0.2) is 5.96 Å². The molecular formula is C18H26FIN4OS. The van der Waals surface area contributed by atoms with Crippen LogP contribution in [-0.2, 0) is 6.54 Å². The Kier molecular flexibility index (Phi) is 9.85. The van der Waals surface area contributed by atoms with Crippen LogP contribution < -0.4 is 15.4 Å². The van der Waals surface area contributed by atoms with Gasteiger partial charge in [-0.1, -0.05) is 6.07 Å². The highest BCUT2D eigenvalue weighted by Crippen LogP contribution is 2.17. The van der Waals surface area contributed by atoms with E-state index in [0.717, 1.165) is 17.2 Å². The van der Waals surface area contributed by atoms with Crippen molar-refractivity contribution in [3.63, 3.8) is 0 Å². The fourth-order valence-corrected chi connectivity index (χ4v) is 3.01. The Morgan fingerprint density at radius 1 is 1.35 bits per heavy atom. The van der Waals surface area contributed by atoms with E-state index in [2.05, 4.69) is 27.5 Å². The minimum absolute atomic E-state index is 0. The smallest absolute Gasteiger partial charge is 0.191 e. The first-order valence-corrected chi connectivity index (χ1v) is 9.17. The fourth-order valence-electron chi connectivity index (χ4n) is 2.15. The molecule has 0 amide bonds. The number of halogens is 2. The van der Waals surface area contributed by atoms with Crippen LogP contribution in [0.5, 0.6) is 5.75 Å². The van der Waals surface area contributed by atoms with E-state index in [4.69, 9.17) is 4.74 Å². The SMILES string of the molecule is CCNC(=NCc1nc(C)c(C)s1)NCC(C)Oc1cccc(F)c1.I. The highest BCUT2D eigenvalue weighted by Gasteiger charge is 2.07. The maximum absolute atomic E-state index is 13.2. The highest BCUT2D eigenvalue weighted by molar-refractivity contribution is 14.0. The van der Waals surface area contributed by atoms with Crippen molar-refractivity contribution in [2.45, 2.75) is 40.3 Å². The lowest BCUT2D eigenvalue weighted by molar-refractivity contribution is 0.223. The number of hydrogen-bond donors (Lipinski definition) is 2. The van der Waals surface area contributed by atoms with E-state index in [9.17, 15) is 4.39 Å². The topological polar surface area (TPSA) is 58.5 Å². The van der Waals surface area contributed by atoms with Gasteiger partial charge in [-0.15, -0.1) is 35.3 Å². The number of ether oxygens (including phenoxy) is 1. The standard InChI is InChI=1S/C18H25FN4OS.HI/c1-5-20-18(22-11-17-23-13(3)14(4)25-17)21-10-12(2)24-16-8-6-7-15(19)9-16;/h6-9,12H,5,10-11H2,1-4H3,(H2,20,21,22);1H. The van der Waals surface area contributed by atoms with Gasteiger partial charge in [0, 0.05) is 17.5 Å². The van der Waals surface area contributed by atoms with Crippen molar-refractivity contribution in [2.24, 2.45) is 4.99 Å². The van der Waals surface area contributed by atoms with Gasteiger partial charge in [-0.25, -0.2) is 14.4 Å². The molecule has 0 radical (unpaired) electrons. The molecule has 0 fully saturated rings. The van der Waals surface area contributed by atoms with E-state index in [-0.39, 0.29) is 35.9 Å². The van der Waals surface area contributed by atoms with Crippen molar-refractivity contribution < 1.29 is 9.13 Å². The molecule has 0 aliphatic carbocycles. The first-order chi connectivity index (χ1) is 12.0. The summed E-state index contributed by atoms with van der Waals surface area (Å²) in [5.41, 5.74) is 1.06. The molecule has 5 nitrogen and oxygen atoms in total. The molecule has 2 rings (SSSR count). The second-order valence-electron chi connectivity index (χ2n) is 5.71. The minimum atomic E-state index is -0.304. The lowest BCUT2D eigenvalue weighted by Gasteiger charge is -2.17. The zero-order valence-corrected chi connectivity index (χ0v) is 18.7. The Balaban J connectivity index is 0.00000338. The molecule has 144 valence electrons. The summed E-state index contributed by atoms with van der Waals surface area (Å²) in [5.74, 6) is 0.925. The van der Waals surface area contributed by atoms with Gasteiger partial charge in [0.1, 0.15) is 22.7 Å². The molecule has 0 bridgehead atoms. The molecule has 8 heteroatoms. The number of nitrogens with one attached hydrogen (secondary N) is 2. The Bertz CT molecular complexity index is 703. The molecule has 26 heavy (non-hydrogen) atoms. The largest absolute Gasteiger partial charge is 0.489 e. The number of rotatable bonds is 7. The van der Waals surface area contributed by atoms with Crippen LogP contribution in [0.1, 0.15) is 29.4 Å². The first kappa shape index (κ1) is 22.6. The Morgan fingerprint density at radius 3 is 2.73 bits per heavy atom. The second-order valence-corrected chi connectivity index (χ2v) is 7.00. The fraction of sp³-hybridized carbons (Fsp3) is 0.444. The third-order valence-electron chi connectivity index (χ3n) is 3.48. The quantitative estimate of drug-likeness (QED) is 0.348. The van der Waals surface area contributed by atoms with Crippen LogP contribution in [-0.4, -0.2) is 30.1 Å². The molecule has 0 spiro atoms. The van der Waals surface area contributed by atoms with Crippen LogP contribution in [0.15, 0.2) is 29.3 Å². The van der Waals surface area contributed by atoms with E-state index >= 15 is 0 Å². The van der Waals surface area contributed by atoms with Crippen LogP contribution in [0.25, 0.3) is 0 Å². The third kappa shape index (κ3) is 7.45. The van der Waals surface area contributed by atoms with E-state index < -0.39 is 0 Å². The highest BCUT2D eigenvalue weighted by atomic mass is 127. The molecule has 1 heterocycles. The van der Waals surface area contributed by atoms with Gasteiger partial charge in [0.2, 0.25) is 0 Å². The molecule has 0 aliphatic rings. The summed E-state index contributed by atoms with van der Waals surface area (Å²) in [5, 5.41) is 7.44. The average Bonchev–Trinajstić information content (AvgIpc) is 2.88. The number of aryl methyl sites for hydroxylation is 2. The van der Waals surface area contributed by atoms with Gasteiger partial charge in [-0.2, -0.15) is 0 Å². The zero-order valence-electron chi connectivity index (χ0n) is 15.5. The number of aliphatic imine (C=N–C) groups is 1. The maximum atomic E-state index is 13.2. The summed E-state index contributed by atoms with van der Waals surface area (Å²) in [7, 11) is 0. The van der Waals surface area contributed by atoms with E-state index in [0.29, 0.717) is 24.8 Å². The molecule has 0 saturated carbocycles. The number of nitrogens with zero attached hydrogens (tertiary/aromatic N) is 2. The molecule has 0 saturated heterocycles. The Labute approximate surface area is 175 Å². The van der Waals surface area contributed by atoms with Crippen molar-refractivity contribution in [1.29, 1.82) is 0 Å². The van der Waals surface area contributed by atoms with Gasteiger partial charge < -0.3 is 15.4 Å². The van der Waals surface area contributed by atoms with Gasteiger partial charge in [0.25, 0.3) is 0 Å². The molecular weight excluding hydrogens is 466 g/mol. The number of thiazole rings is 1. The van der Waals surface area contributed by atoms with E-state index in [1.807, 2.05) is 20.8 Å². The molecule has 1 aromatic heterocycles. The lowest BCUT2D eigenvalue weighted by atomic mass is 10.3. The lowest BCUT2D eigenvalue weighted by Crippen LogP contribution is -2.41. The number of hydrogen-bond acceptors (Lipinski definition) is 4. The summed E-state index contributed by atoms with van der Waals surface area (Å²) >= 11 is 1.67. The van der Waals surface area contributed by atoms with E-state index in [1.165, 1.54) is 17.0 Å². The van der Waals surface area contributed by atoms with Crippen LogP contribution in [0.2, 0.25) is 0 Å². The molecule has 1 unspecified atom stereocenters.